The quantitative estimate of drug-likeness (QED) is 0.175. The van der Waals surface area contributed by atoms with Crippen LogP contribution in [-0.4, -0.2) is 29.3 Å². The van der Waals surface area contributed by atoms with E-state index in [0.717, 1.165) is 35.1 Å². The fourth-order valence-electron chi connectivity index (χ4n) is 4.96. The van der Waals surface area contributed by atoms with E-state index in [4.69, 9.17) is 11.6 Å². The fourth-order valence-corrected chi connectivity index (χ4v) is 5.16. The summed E-state index contributed by atoms with van der Waals surface area (Å²) in [5, 5.41) is 3.67. The zero-order chi connectivity index (χ0) is 28.2. The minimum atomic E-state index is -0.685. The van der Waals surface area contributed by atoms with Crippen LogP contribution in [0.25, 0.3) is 0 Å². The predicted octanol–water partition coefficient (Wildman–Crippen LogP) is 7.42. The molecule has 0 aromatic heterocycles. The average molecular weight is 553 g/mol. The molecule has 4 aromatic carbocycles. The molecule has 1 N–H and O–H groups in total. The van der Waals surface area contributed by atoms with E-state index in [1.807, 2.05) is 91.0 Å². The number of unbranched alkanes of at least 4 members (excludes halogenated alkanes) is 1. The van der Waals surface area contributed by atoms with Gasteiger partial charge in [-0.15, -0.1) is 0 Å². The van der Waals surface area contributed by atoms with Crippen LogP contribution in [-0.2, 0) is 22.6 Å². The topological polar surface area (TPSA) is 49.4 Å². The summed E-state index contributed by atoms with van der Waals surface area (Å²) in [7, 11) is 0. The van der Waals surface area contributed by atoms with Gasteiger partial charge in [0.25, 0.3) is 0 Å². The maximum absolute atomic E-state index is 14.4. The number of nitrogens with one attached hydrogen (secondary N) is 1. The molecule has 0 bridgehead atoms. The van der Waals surface area contributed by atoms with Crippen LogP contribution in [0.2, 0.25) is 5.02 Å². The zero-order valence-corrected chi connectivity index (χ0v) is 23.8. The van der Waals surface area contributed by atoms with Crippen molar-refractivity contribution >= 4 is 23.4 Å². The van der Waals surface area contributed by atoms with E-state index in [1.165, 1.54) is 0 Å². The largest absolute Gasteiger partial charge is 0.354 e. The summed E-state index contributed by atoms with van der Waals surface area (Å²) in [6, 6.07) is 36.9. The molecule has 1 atom stereocenters. The molecule has 0 aliphatic rings. The highest BCUT2D eigenvalue weighted by molar-refractivity contribution is 6.31. The van der Waals surface area contributed by atoms with Gasteiger partial charge in [0, 0.05) is 36.9 Å². The van der Waals surface area contributed by atoms with Crippen molar-refractivity contribution in [3.05, 3.63) is 143 Å². The third kappa shape index (κ3) is 8.06. The molecule has 2 amide bonds. The molecule has 5 heteroatoms. The van der Waals surface area contributed by atoms with Gasteiger partial charge < -0.3 is 10.2 Å². The summed E-state index contributed by atoms with van der Waals surface area (Å²) in [5.41, 5.74) is 3.93. The van der Waals surface area contributed by atoms with Gasteiger partial charge in [0.1, 0.15) is 6.04 Å². The molecule has 4 nitrogen and oxygen atoms in total. The molecule has 0 heterocycles. The number of carbonyl (C=O) groups is 2. The first-order valence-electron chi connectivity index (χ1n) is 14.0. The van der Waals surface area contributed by atoms with Crippen LogP contribution in [0.4, 0.5) is 0 Å². The standard InChI is InChI=1S/C35H37ClN2O2/c1-2-3-23-37-35(40)33(24-27-15-7-4-8-16-27)38(26-30-21-13-14-22-32(30)36)34(39)25-31(28-17-9-5-10-18-28)29-19-11-6-12-20-29/h4-22,31,33H,2-3,23-26H2,1H3,(H,37,40)/t33-/m1/s1. The van der Waals surface area contributed by atoms with E-state index in [1.54, 1.807) is 4.90 Å². The van der Waals surface area contributed by atoms with E-state index < -0.39 is 6.04 Å². The molecule has 4 rings (SSSR count). The third-order valence-corrected chi connectivity index (χ3v) is 7.55. The molecule has 40 heavy (non-hydrogen) atoms. The van der Waals surface area contributed by atoms with Crippen molar-refractivity contribution in [1.29, 1.82) is 0 Å². The van der Waals surface area contributed by atoms with Crippen molar-refractivity contribution in [2.45, 2.75) is 51.1 Å². The Balaban J connectivity index is 1.72. The van der Waals surface area contributed by atoms with Gasteiger partial charge in [0.05, 0.1) is 0 Å². The molecule has 0 radical (unpaired) electrons. The van der Waals surface area contributed by atoms with E-state index in [-0.39, 0.29) is 30.7 Å². The minimum absolute atomic E-state index is 0.0933. The summed E-state index contributed by atoms with van der Waals surface area (Å²) in [5.74, 6) is -0.387. The molecular weight excluding hydrogens is 516 g/mol. The molecule has 0 fully saturated rings. The molecule has 206 valence electrons. The highest BCUT2D eigenvalue weighted by Gasteiger charge is 2.32. The third-order valence-electron chi connectivity index (χ3n) is 7.18. The Morgan fingerprint density at radius 2 is 1.32 bits per heavy atom. The highest BCUT2D eigenvalue weighted by Crippen LogP contribution is 2.30. The summed E-state index contributed by atoms with van der Waals surface area (Å²) in [6.45, 7) is 2.91. The van der Waals surface area contributed by atoms with Crippen LogP contribution >= 0.6 is 11.6 Å². The Hall–Kier alpha value is -3.89. The second-order valence-electron chi connectivity index (χ2n) is 10.0. The van der Waals surface area contributed by atoms with Gasteiger partial charge >= 0.3 is 0 Å². The van der Waals surface area contributed by atoms with Crippen molar-refractivity contribution in [3.63, 3.8) is 0 Å². The van der Waals surface area contributed by atoms with Gasteiger partial charge in [-0.2, -0.15) is 0 Å². The number of amides is 2. The molecule has 0 saturated heterocycles. The van der Waals surface area contributed by atoms with Crippen molar-refractivity contribution in [2.24, 2.45) is 0 Å². The Morgan fingerprint density at radius 1 is 0.775 bits per heavy atom. The van der Waals surface area contributed by atoms with Gasteiger partial charge in [-0.25, -0.2) is 0 Å². The Morgan fingerprint density at radius 3 is 1.90 bits per heavy atom. The van der Waals surface area contributed by atoms with Crippen LogP contribution in [0.1, 0.15) is 54.4 Å². The van der Waals surface area contributed by atoms with Gasteiger partial charge in [0.15, 0.2) is 0 Å². The molecule has 0 aliphatic carbocycles. The zero-order valence-electron chi connectivity index (χ0n) is 23.0. The van der Waals surface area contributed by atoms with Crippen molar-refractivity contribution in [2.75, 3.05) is 6.54 Å². The average Bonchev–Trinajstić information content (AvgIpc) is 3.00. The van der Waals surface area contributed by atoms with E-state index in [9.17, 15) is 9.59 Å². The highest BCUT2D eigenvalue weighted by atomic mass is 35.5. The Bertz CT molecular complexity index is 1310. The predicted molar refractivity (Wildman–Crippen MR) is 163 cm³/mol. The van der Waals surface area contributed by atoms with Crippen LogP contribution in [0.3, 0.4) is 0 Å². The summed E-state index contributed by atoms with van der Waals surface area (Å²) >= 11 is 6.58. The summed E-state index contributed by atoms with van der Waals surface area (Å²) in [4.78, 5) is 29.8. The van der Waals surface area contributed by atoms with Gasteiger partial charge in [-0.05, 0) is 34.7 Å². The number of benzene rings is 4. The number of hydrogen-bond donors (Lipinski definition) is 1. The second-order valence-corrected chi connectivity index (χ2v) is 10.4. The number of carbonyl (C=O) groups excluding carboxylic acids is 2. The first kappa shape index (κ1) is 29.1. The lowest BCUT2D eigenvalue weighted by Crippen LogP contribution is -2.51. The molecule has 0 spiro atoms. The van der Waals surface area contributed by atoms with E-state index >= 15 is 0 Å². The smallest absolute Gasteiger partial charge is 0.243 e. The minimum Gasteiger partial charge on any atom is -0.354 e. The Labute approximate surface area is 243 Å². The lowest BCUT2D eigenvalue weighted by Gasteiger charge is -2.33. The monoisotopic (exact) mass is 552 g/mol. The van der Waals surface area contributed by atoms with Gasteiger partial charge in [-0.3, -0.25) is 9.59 Å². The molecule has 0 aliphatic heterocycles. The van der Waals surface area contributed by atoms with Crippen LogP contribution < -0.4 is 5.32 Å². The normalized spacial score (nSPS) is 11.7. The summed E-state index contributed by atoms with van der Waals surface area (Å²) < 4.78 is 0. The fraction of sp³-hybridized carbons (Fsp3) is 0.257. The lowest BCUT2D eigenvalue weighted by molar-refractivity contribution is -0.141. The maximum Gasteiger partial charge on any atom is 0.243 e. The lowest BCUT2D eigenvalue weighted by atomic mass is 9.87. The SMILES string of the molecule is CCCCNC(=O)[C@@H](Cc1ccccc1)N(Cc1ccccc1Cl)C(=O)CC(c1ccccc1)c1ccccc1. The second kappa shape index (κ2) is 15.0. The first-order valence-corrected chi connectivity index (χ1v) is 14.4. The van der Waals surface area contributed by atoms with Crippen molar-refractivity contribution in [1.82, 2.24) is 10.2 Å². The Kier molecular flexibility index (Phi) is 10.9. The van der Waals surface area contributed by atoms with Crippen LogP contribution in [0.15, 0.2) is 115 Å². The van der Waals surface area contributed by atoms with Crippen molar-refractivity contribution in [3.8, 4) is 0 Å². The summed E-state index contributed by atoms with van der Waals surface area (Å²) in [6.07, 6.45) is 2.50. The molecule has 4 aromatic rings. The van der Waals surface area contributed by atoms with Gasteiger partial charge in [-0.1, -0.05) is 134 Å². The molecule has 0 unspecified atom stereocenters. The first-order chi connectivity index (χ1) is 19.6. The van der Waals surface area contributed by atoms with E-state index in [2.05, 4.69) is 36.5 Å². The molecule has 0 saturated carbocycles. The number of rotatable bonds is 13. The van der Waals surface area contributed by atoms with E-state index in [0.29, 0.717) is 18.0 Å². The maximum atomic E-state index is 14.4. The van der Waals surface area contributed by atoms with Gasteiger partial charge in [0.2, 0.25) is 11.8 Å². The van der Waals surface area contributed by atoms with Crippen LogP contribution in [0.5, 0.6) is 0 Å². The number of hydrogen-bond acceptors (Lipinski definition) is 2. The molecular formula is C35H37ClN2O2. The van der Waals surface area contributed by atoms with Crippen LogP contribution in [0, 0.1) is 0 Å². The number of nitrogens with zero attached hydrogens (tertiary/aromatic N) is 1. The van der Waals surface area contributed by atoms with Crippen molar-refractivity contribution < 1.29 is 9.59 Å². The number of halogens is 1.